The minimum Gasteiger partial charge on any atom is -0.343 e. The molecule has 7 heteroatoms. The van der Waals surface area contributed by atoms with Gasteiger partial charge in [-0.1, -0.05) is 54.1 Å². The number of nitrogens with one attached hydrogen (secondary N) is 1. The van der Waals surface area contributed by atoms with Crippen molar-refractivity contribution in [2.75, 3.05) is 19.6 Å². The number of rotatable bonds is 8. The number of nitrogens with zero attached hydrogens (tertiary/aromatic N) is 1. The lowest BCUT2D eigenvalue weighted by Crippen LogP contribution is -2.40. The standard InChI is InChI=1S/C22H27ClN2O3S/c23-20-8-4-5-9-21(20)29(27,28)24-15-12-22(26)25-16-13-19(14-17-25)11-10-18-6-2-1-3-7-18/h1-9,19,24H,10-17H2. The number of sulfonamides is 1. The van der Waals surface area contributed by atoms with E-state index < -0.39 is 10.0 Å². The number of hydrogen-bond acceptors (Lipinski definition) is 3. The molecule has 1 saturated heterocycles. The summed E-state index contributed by atoms with van der Waals surface area (Å²) in [5.41, 5.74) is 1.36. The molecule has 1 amide bonds. The van der Waals surface area contributed by atoms with Crippen LogP contribution in [0.5, 0.6) is 0 Å². The summed E-state index contributed by atoms with van der Waals surface area (Å²) in [6.07, 6.45) is 4.37. The molecule has 1 aliphatic rings. The molecule has 0 bridgehead atoms. The van der Waals surface area contributed by atoms with Gasteiger partial charge in [0.1, 0.15) is 4.90 Å². The highest BCUT2D eigenvalue weighted by molar-refractivity contribution is 7.89. The van der Waals surface area contributed by atoms with Gasteiger partial charge in [0.05, 0.1) is 5.02 Å². The molecule has 0 aliphatic carbocycles. The lowest BCUT2D eigenvalue weighted by Gasteiger charge is -2.32. The van der Waals surface area contributed by atoms with Crippen LogP contribution >= 0.6 is 11.6 Å². The van der Waals surface area contributed by atoms with Crippen molar-refractivity contribution < 1.29 is 13.2 Å². The summed E-state index contributed by atoms with van der Waals surface area (Å²) in [6.45, 7) is 1.56. The van der Waals surface area contributed by atoms with Crippen LogP contribution in [0.3, 0.4) is 0 Å². The van der Waals surface area contributed by atoms with Gasteiger partial charge >= 0.3 is 0 Å². The maximum Gasteiger partial charge on any atom is 0.242 e. The van der Waals surface area contributed by atoms with Gasteiger partial charge in [0.2, 0.25) is 15.9 Å². The predicted octanol–water partition coefficient (Wildman–Crippen LogP) is 3.88. The summed E-state index contributed by atoms with van der Waals surface area (Å²) in [5.74, 6) is 0.631. The summed E-state index contributed by atoms with van der Waals surface area (Å²) in [4.78, 5) is 14.3. The van der Waals surface area contributed by atoms with Crippen LogP contribution in [0, 0.1) is 5.92 Å². The quantitative estimate of drug-likeness (QED) is 0.685. The Kier molecular flexibility index (Phi) is 7.70. The van der Waals surface area contributed by atoms with Crippen LogP contribution < -0.4 is 4.72 Å². The first-order valence-corrected chi connectivity index (χ1v) is 11.9. The molecule has 0 atom stereocenters. The summed E-state index contributed by atoms with van der Waals surface area (Å²) in [5, 5.41) is 0.170. The number of halogens is 1. The van der Waals surface area contributed by atoms with E-state index >= 15 is 0 Å². The number of carbonyl (C=O) groups excluding carboxylic acids is 1. The van der Waals surface area contributed by atoms with Crippen LogP contribution in [-0.2, 0) is 21.2 Å². The normalized spacial score (nSPS) is 15.4. The van der Waals surface area contributed by atoms with Crippen molar-refractivity contribution in [2.24, 2.45) is 5.92 Å². The fraction of sp³-hybridized carbons (Fsp3) is 0.409. The highest BCUT2D eigenvalue weighted by Crippen LogP contribution is 2.23. The summed E-state index contributed by atoms with van der Waals surface area (Å²) in [7, 11) is -3.71. The van der Waals surface area contributed by atoms with E-state index in [1.165, 1.54) is 17.7 Å². The van der Waals surface area contributed by atoms with Gasteiger partial charge in [-0.25, -0.2) is 13.1 Å². The Labute approximate surface area is 178 Å². The van der Waals surface area contributed by atoms with Crippen LogP contribution in [0.25, 0.3) is 0 Å². The van der Waals surface area contributed by atoms with E-state index in [0.29, 0.717) is 5.92 Å². The van der Waals surface area contributed by atoms with E-state index in [4.69, 9.17) is 11.6 Å². The van der Waals surface area contributed by atoms with Crippen molar-refractivity contribution >= 4 is 27.5 Å². The number of hydrogen-bond donors (Lipinski definition) is 1. The molecule has 5 nitrogen and oxygen atoms in total. The molecule has 2 aromatic rings. The Balaban J connectivity index is 1.39. The molecule has 156 valence electrons. The molecular formula is C22H27ClN2O3S. The van der Waals surface area contributed by atoms with E-state index in [1.807, 2.05) is 11.0 Å². The van der Waals surface area contributed by atoms with E-state index in [1.54, 1.807) is 12.1 Å². The number of aryl methyl sites for hydroxylation is 1. The molecule has 1 fully saturated rings. The fourth-order valence-electron chi connectivity index (χ4n) is 3.68. The molecule has 0 saturated carbocycles. The monoisotopic (exact) mass is 434 g/mol. The predicted molar refractivity (Wildman–Crippen MR) is 115 cm³/mol. The molecule has 3 rings (SSSR count). The van der Waals surface area contributed by atoms with Gasteiger partial charge in [-0.15, -0.1) is 0 Å². The number of likely N-dealkylation sites (tertiary alicyclic amines) is 1. The van der Waals surface area contributed by atoms with E-state index in [0.717, 1.165) is 38.8 Å². The lowest BCUT2D eigenvalue weighted by molar-refractivity contribution is -0.132. The Morgan fingerprint density at radius 2 is 1.69 bits per heavy atom. The van der Waals surface area contributed by atoms with Gasteiger partial charge in [-0.3, -0.25) is 4.79 Å². The Morgan fingerprint density at radius 1 is 1.03 bits per heavy atom. The van der Waals surface area contributed by atoms with Crippen LogP contribution in [0.4, 0.5) is 0 Å². The zero-order valence-corrected chi connectivity index (χ0v) is 18.0. The van der Waals surface area contributed by atoms with E-state index in [9.17, 15) is 13.2 Å². The molecule has 2 aromatic carbocycles. The van der Waals surface area contributed by atoms with Gasteiger partial charge in [0.15, 0.2) is 0 Å². The minimum atomic E-state index is -3.71. The van der Waals surface area contributed by atoms with Gasteiger partial charge in [-0.2, -0.15) is 0 Å². The van der Waals surface area contributed by atoms with Crippen molar-refractivity contribution in [1.29, 1.82) is 0 Å². The first-order valence-electron chi connectivity index (χ1n) is 10.0. The Bertz CT molecular complexity index is 911. The van der Waals surface area contributed by atoms with Gasteiger partial charge in [0, 0.05) is 26.1 Å². The molecule has 1 N–H and O–H groups in total. The largest absolute Gasteiger partial charge is 0.343 e. The van der Waals surface area contributed by atoms with Gasteiger partial charge in [-0.05, 0) is 49.3 Å². The topological polar surface area (TPSA) is 66.5 Å². The van der Waals surface area contributed by atoms with Crippen molar-refractivity contribution in [3.63, 3.8) is 0 Å². The van der Waals surface area contributed by atoms with Crippen molar-refractivity contribution in [3.8, 4) is 0 Å². The van der Waals surface area contributed by atoms with Gasteiger partial charge < -0.3 is 4.90 Å². The average molecular weight is 435 g/mol. The van der Waals surface area contributed by atoms with Crippen molar-refractivity contribution in [3.05, 3.63) is 65.2 Å². The number of piperidine rings is 1. The lowest BCUT2D eigenvalue weighted by atomic mass is 9.90. The molecule has 1 heterocycles. The SMILES string of the molecule is O=C(CCNS(=O)(=O)c1ccccc1Cl)N1CCC(CCc2ccccc2)CC1. The molecule has 0 spiro atoms. The second-order valence-electron chi connectivity index (χ2n) is 7.43. The zero-order valence-electron chi connectivity index (χ0n) is 16.4. The van der Waals surface area contributed by atoms with Crippen LogP contribution in [0.2, 0.25) is 5.02 Å². The highest BCUT2D eigenvalue weighted by atomic mass is 35.5. The van der Waals surface area contributed by atoms with E-state index in [2.05, 4.69) is 29.0 Å². The molecule has 0 radical (unpaired) electrons. The van der Waals surface area contributed by atoms with Crippen LogP contribution in [0.1, 0.15) is 31.2 Å². The third-order valence-electron chi connectivity index (χ3n) is 5.41. The van der Waals surface area contributed by atoms with Crippen molar-refractivity contribution in [2.45, 2.75) is 37.0 Å². The second kappa shape index (κ2) is 10.2. The number of amides is 1. The third kappa shape index (κ3) is 6.29. The summed E-state index contributed by atoms with van der Waals surface area (Å²) < 4.78 is 27.1. The van der Waals surface area contributed by atoms with Crippen molar-refractivity contribution in [1.82, 2.24) is 9.62 Å². The second-order valence-corrected chi connectivity index (χ2v) is 9.57. The maximum atomic E-state index is 12.4. The average Bonchev–Trinajstić information content (AvgIpc) is 2.73. The Hall–Kier alpha value is -1.89. The minimum absolute atomic E-state index is 0.00614. The number of benzene rings is 2. The molecule has 29 heavy (non-hydrogen) atoms. The first-order chi connectivity index (χ1) is 14.0. The molecule has 0 unspecified atom stereocenters. The molecular weight excluding hydrogens is 408 g/mol. The summed E-state index contributed by atoms with van der Waals surface area (Å²) >= 11 is 5.96. The Morgan fingerprint density at radius 3 is 2.38 bits per heavy atom. The van der Waals surface area contributed by atoms with Crippen LogP contribution in [0.15, 0.2) is 59.5 Å². The third-order valence-corrected chi connectivity index (χ3v) is 7.37. The maximum absolute atomic E-state index is 12.4. The number of carbonyl (C=O) groups is 1. The zero-order chi connectivity index (χ0) is 20.7. The molecule has 0 aromatic heterocycles. The highest BCUT2D eigenvalue weighted by Gasteiger charge is 2.23. The van der Waals surface area contributed by atoms with Gasteiger partial charge in [0.25, 0.3) is 0 Å². The smallest absolute Gasteiger partial charge is 0.242 e. The summed E-state index contributed by atoms with van der Waals surface area (Å²) in [6, 6.07) is 16.7. The van der Waals surface area contributed by atoms with Crippen LogP contribution in [-0.4, -0.2) is 38.9 Å². The van der Waals surface area contributed by atoms with E-state index in [-0.39, 0.29) is 28.8 Å². The molecule has 1 aliphatic heterocycles. The first kappa shape index (κ1) is 21.8. The fourth-order valence-corrected chi connectivity index (χ4v) is 5.23.